The van der Waals surface area contributed by atoms with Gasteiger partial charge in [-0.15, -0.1) is 0 Å². The van der Waals surface area contributed by atoms with Crippen molar-refractivity contribution in [3.8, 4) is 0 Å². The Morgan fingerprint density at radius 2 is 2.31 bits per heavy atom. The van der Waals surface area contributed by atoms with E-state index in [-0.39, 0.29) is 0 Å². The minimum Gasteiger partial charge on any atom is -0.384 e. The van der Waals surface area contributed by atoms with Crippen LogP contribution in [-0.2, 0) is 7.05 Å². The number of hydrogen-bond acceptors (Lipinski definition) is 2. The van der Waals surface area contributed by atoms with E-state index in [4.69, 9.17) is 0 Å². The zero-order chi connectivity index (χ0) is 10.0. The minimum atomic E-state index is -0.536. The van der Waals surface area contributed by atoms with Gasteiger partial charge >= 0.3 is 0 Å². The number of allylic oxidation sites excluding steroid dienone is 1. The first-order chi connectivity index (χ1) is 6.02. The van der Waals surface area contributed by atoms with Gasteiger partial charge in [0.15, 0.2) is 0 Å². The Kier molecular flexibility index (Phi) is 3.49. The summed E-state index contributed by atoms with van der Waals surface area (Å²) in [6, 6.07) is 0. The molecule has 13 heavy (non-hydrogen) atoms. The zero-order valence-corrected chi connectivity index (χ0v) is 10.1. The molecule has 1 heterocycles. The van der Waals surface area contributed by atoms with E-state index in [1.165, 1.54) is 0 Å². The van der Waals surface area contributed by atoms with Gasteiger partial charge in [-0.1, -0.05) is 11.6 Å². The molecule has 3 nitrogen and oxygen atoms in total. The molecule has 0 amide bonds. The number of rotatable bonds is 2. The van der Waals surface area contributed by atoms with Crippen LogP contribution in [0.3, 0.4) is 0 Å². The first-order valence-corrected chi connectivity index (χ1v) is 5.10. The molecular weight excluding hydrogens is 279 g/mol. The minimum absolute atomic E-state index is 0.536. The topological polar surface area (TPSA) is 38.1 Å². The molecule has 72 valence electrons. The summed E-state index contributed by atoms with van der Waals surface area (Å²) in [6.07, 6.45) is 2.98. The smallest absolute Gasteiger partial charge is 0.105 e. The lowest BCUT2D eigenvalue weighted by atomic mass is 10.1. The van der Waals surface area contributed by atoms with E-state index in [0.717, 1.165) is 14.8 Å². The summed E-state index contributed by atoms with van der Waals surface area (Å²) in [5.74, 6) is 0. The molecule has 0 aliphatic heterocycles. The third kappa shape index (κ3) is 2.54. The molecule has 1 unspecified atom stereocenters. The molecule has 1 aromatic rings. The molecular formula is C9H13IN2O. The summed E-state index contributed by atoms with van der Waals surface area (Å²) in [5, 5.41) is 13.8. The molecule has 0 saturated carbocycles. The van der Waals surface area contributed by atoms with Crippen molar-refractivity contribution in [1.29, 1.82) is 0 Å². The second-order valence-electron chi connectivity index (χ2n) is 3.20. The largest absolute Gasteiger partial charge is 0.384 e. The molecule has 4 heteroatoms. The fourth-order valence-corrected chi connectivity index (χ4v) is 1.63. The van der Waals surface area contributed by atoms with Crippen molar-refractivity contribution in [2.24, 2.45) is 7.05 Å². The molecule has 1 rings (SSSR count). The molecule has 0 radical (unpaired) electrons. The summed E-state index contributed by atoms with van der Waals surface area (Å²) in [4.78, 5) is 0. The van der Waals surface area contributed by atoms with E-state index in [1.54, 1.807) is 10.9 Å². The van der Waals surface area contributed by atoms with E-state index in [9.17, 15) is 5.11 Å². The molecule has 0 spiro atoms. The van der Waals surface area contributed by atoms with E-state index in [1.807, 2.05) is 27.0 Å². The van der Waals surface area contributed by atoms with Crippen LogP contribution >= 0.6 is 22.6 Å². The van der Waals surface area contributed by atoms with Crippen LogP contribution in [0.5, 0.6) is 0 Å². The number of hydrogen-bond donors (Lipinski definition) is 1. The van der Waals surface area contributed by atoms with Crippen LogP contribution in [0.2, 0.25) is 0 Å². The fourth-order valence-electron chi connectivity index (χ4n) is 1.04. The quantitative estimate of drug-likeness (QED) is 0.669. The van der Waals surface area contributed by atoms with Crippen LogP contribution in [-0.4, -0.2) is 14.9 Å². The van der Waals surface area contributed by atoms with Gasteiger partial charge < -0.3 is 5.11 Å². The number of halogens is 1. The Morgan fingerprint density at radius 1 is 1.69 bits per heavy atom. The van der Waals surface area contributed by atoms with Gasteiger partial charge in [0, 0.05) is 12.6 Å². The normalized spacial score (nSPS) is 12.7. The zero-order valence-electron chi connectivity index (χ0n) is 7.95. The predicted molar refractivity (Wildman–Crippen MR) is 60.3 cm³/mol. The van der Waals surface area contributed by atoms with Crippen molar-refractivity contribution in [1.82, 2.24) is 9.78 Å². The molecule has 1 N–H and O–H groups in total. The van der Waals surface area contributed by atoms with E-state index < -0.39 is 6.10 Å². The van der Waals surface area contributed by atoms with Crippen molar-refractivity contribution in [2.75, 3.05) is 0 Å². The summed E-state index contributed by atoms with van der Waals surface area (Å²) < 4.78 is 2.72. The second-order valence-corrected chi connectivity index (χ2v) is 4.22. The highest BCUT2D eigenvalue weighted by atomic mass is 127. The van der Waals surface area contributed by atoms with E-state index in [0.29, 0.717) is 0 Å². The van der Waals surface area contributed by atoms with Crippen LogP contribution in [0.1, 0.15) is 25.5 Å². The molecule has 0 bridgehead atoms. The average molecular weight is 292 g/mol. The van der Waals surface area contributed by atoms with Crippen LogP contribution in [0, 0.1) is 3.70 Å². The average Bonchev–Trinajstić information content (AvgIpc) is 2.31. The maximum atomic E-state index is 9.75. The highest BCUT2D eigenvalue weighted by molar-refractivity contribution is 14.1. The Labute approximate surface area is 91.6 Å². The summed E-state index contributed by atoms with van der Waals surface area (Å²) in [6.45, 7) is 3.93. The van der Waals surface area contributed by atoms with Gasteiger partial charge in [-0.2, -0.15) is 5.10 Å². The SMILES string of the molecule is CC(C)=CC(O)c1cnn(C)c1I. The first-order valence-electron chi connectivity index (χ1n) is 4.03. The molecule has 0 aliphatic rings. The summed E-state index contributed by atoms with van der Waals surface area (Å²) in [5.41, 5.74) is 1.97. The van der Waals surface area contributed by atoms with Crippen LogP contribution < -0.4 is 0 Å². The Bertz CT molecular complexity index is 326. The number of aryl methyl sites for hydroxylation is 1. The fraction of sp³-hybridized carbons (Fsp3) is 0.444. The monoisotopic (exact) mass is 292 g/mol. The number of aliphatic hydroxyl groups excluding tert-OH is 1. The van der Waals surface area contributed by atoms with Crippen molar-refractivity contribution in [3.05, 3.63) is 27.1 Å². The standard InChI is InChI=1S/C9H13IN2O/c1-6(2)4-8(13)7-5-11-12(3)9(7)10/h4-5,8,13H,1-3H3. The van der Waals surface area contributed by atoms with Crippen molar-refractivity contribution < 1.29 is 5.11 Å². The Morgan fingerprint density at radius 3 is 2.69 bits per heavy atom. The second kappa shape index (κ2) is 4.23. The molecule has 0 fully saturated rings. The van der Waals surface area contributed by atoms with Gasteiger partial charge in [-0.05, 0) is 36.4 Å². The maximum Gasteiger partial charge on any atom is 0.105 e. The van der Waals surface area contributed by atoms with Crippen LogP contribution in [0.4, 0.5) is 0 Å². The van der Waals surface area contributed by atoms with Gasteiger partial charge in [0.2, 0.25) is 0 Å². The van der Waals surface area contributed by atoms with E-state index >= 15 is 0 Å². The lowest BCUT2D eigenvalue weighted by molar-refractivity contribution is 0.226. The number of aromatic nitrogens is 2. The van der Waals surface area contributed by atoms with Gasteiger partial charge in [-0.25, -0.2) is 0 Å². The highest BCUT2D eigenvalue weighted by Gasteiger charge is 2.11. The predicted octanol–water partition coefficient (Wildman–Crippen LogP) is 2.02. The molecule has 0 saturated heterocycles. The highest BCUT2D eigenvalue weighted by Crippen LogP contribution is 2.20. The van der Waals surface area contributed by atoms with Gasteiger partial charge in [-0.3, -0.25) is 4.68 Å². The van der Waals surface area contributed by atoms with Crippen molar-refractivity contribution in [2.45, 2.75) is 20.0 Å². The third-order valence-corrected chi connectivity index (χ3v) is 3.02. The molecule has 1 aromatic heterocycles. The molecule has 0 aliphatic carbocycles. The van der Waals surface area contributed by atoms with Crippen molar-refractivity contribution >= 4 is 22.6 Å². The lowest BCUT2D eigenvalue weighted by Crippen LogP contribution is -1.98. The first kappa shape index (κ1) is 10.7. The van der Waals surface area contributed by atoms with Gasteiger partial charge in [0.05, 0.1) is 6.20 Å². The number of aliphatic hydroxyl groups is 1. The van der Waals surface area contributed by atoms with E-state index in [2.05, 4.69) is 27.7 Å². The van der Waals surface area contributed by atoms with Gasteiger partial charge in [0.1, 0.15) is 9.80 Å². The maximum absolute atomic E-state index is 9.75. The van der Waals surface area contributed by atoms with Crippen LogP contribution in [0.15, 0.2) is 17.8 Å². The number of nitrogens with zero attached hydrogens (tertiary/aromatic N) is 2. The summed E-state index contributed by atoms with van der Waals surface area (Å²) in [7, 11) is 1.86. The lowest BCUT2D eigenvalue weighted by Gasteiger charge is -2.04. The molecule has 1 atom stereocenters. The summed E-state index contributed by atoms with van der Waals surface area (Å²) >= 11 is 2.17. The molecule has 0 aromatic carbocycles. The van der Waals surface area contributed by atoms with Crippen LogP contribution in [0.25, 0.3) is 0 Å². The van der Waals surface area contributed by atoms with Crippen molar-refractivity contribution in [3.63, 3.8) is 0 Å². The Hall–Kier alpha value is -0.360. The third-order valence-electron chi connectivity index (χ3n) is 1.70. The van der Waals surface area contributed by atoms with Gasteiger partial charge in [0.25, 0.3) is 0 Å². The Balaban J connectivity index is 2.95.